The molecule has 1 aromatic carbocycles. The summed E-state index contributed by atoms with van der Waals surface area (Å²) in [6, 6.07) is 8.67. The zero-order valence-electron chi connectivity index (χ0n) is 12.0. The second kappa shape index (κ2) is 4.92. The number of benzene rings is 1. The van der Waals surface area contributed by atoms with Gasteiger partial charge in [0.15, 0.2) is 0 Å². The molecular formula is C17H18N4. The molecule has 2 aromatic rings. The van der Waals surface area contributed by atoms with Crippen LogP contribution < -0.4 is 10.2 Å². The number of hydrogen-bond donors (Lipinski definition) is 1. The van der Waals surface area contributed by atoms with Crippen molar-refractivity contribution in [3.8, 4) is 6.07 Å². The molecule has 0 radical (unpaired) electrons. The lowest BCUT2D eigenvalue weighted by Crippen LogP contribution is -2.20. The topological polar surface area (TPSA) is 52.0 Å². The number of hydrogen-bond acceptors (Lipinski definition) is 4. The van der Waals surface area contributed by atoms with Crippen molar-refractivity contribution in [2.45, 2.75) is 25.7 Å². The van der Waals surface area contributed by atoms with Crippen LogP contribution in [0.25, 0.3) is 10.9 Å². The Morgan fingerprint density at radius 1 is 1.14 bits per heavy atom. The van der Waals surface area contributed by atoms with Gasteiger partial charge in [0.25, 0.3) is 0 Å². The fourth-order valence-electron chi connectivity index (χ4n) is 3.38. The van der Waals surface area contributed by atoms with Crippen LogP contribution in [-0.2, 0) is 6.42 Å². The number of pyridine rings is 1. The Balaban J connectivity index is 1.88. The summed E-state index contributed by atoms with van der Waals surface area (Å²) in [7, 11) is 0. The molecule has 4 heteroatoms. The van der Waals surface area contributed by atoms with Crippen molar-refractivity contribution < 1.29 is 0 Å². The summed E-state index contributed by atoms with van der Waals surface area (Å²) in [6.45, 7) is 3.06. The van der Waals surface area contributed by atoms with Crippen LogP contribution in [0.15, 0.2) is 18.2 Å². The SMILES string of the molecule is N#Cc1cc2cc3c(cc2nc1N1CCCC1)NCCC3. The first-order valence-corrected chi connectivity index (χ1v) is 7.72. The highest BCUT2D eigenvalue weighted by Crippen LogP contribution is 2.31. The van der Waals surface area contributed by atoms with E-state index < -0.39 is 0 Å². The number of nitrogens with zero attached hydrogens (tertiary/aromatic N) is 3. The van der Waals surface area contributed by atoms with E-state index in [0.29, 0.717) is 5.56 Å². The average molecular weight is 278 g/mol. The molecule has 1 saturated heterocycles. The van der Waals surface area contributed by atoms with Gasteiger partial charge in [0.05, 0.1) is 11.1 Å². The van der Waals surface area contributed by atoms with Crippen LogP contribution >= 0.6 is 0 Å². The lowest BCUT2D eigenvalue weighted by Gasteiger charge is -2.21. The Kier molecular flexibility index (Phi) is 2.92. The third-order valence-electron chi connectivity index (χ3n) is 4.48. The van der Waals surface area contributed by atoms with E-state index in [9.17, 15) is 5.26 Å². The van der Waals surface area contributed by atoms with Gasteiger partial charge in [-0.25, -0.2) is 4.98 Å². The van der Waals surface area contributed by atoms with E-state index in [1.54, 1.807) is 0 Å². The van der Waals surface area contributed by atoms with Crippen molar-refractivity contribution in [2.75, 3.05) is 29.9 Å². The van der Waals surface area contributed by atoms with Crippen LogP contribution in [0.3, 0.4) is 0 Å². The molecule has 1 aromatic heterocycles. The lowest BCUT2D eigenvalue weighted by atomic mass is 10.00. The van der Waals surface area contributed by atoms with Crippen LogP contribution in [-0.4, -0.2) is 24.6 Å². The second-order valence-electron chi connectivity index (χ2n) is 5.90. The first-order valence-electron chi connectivity index (χ1n) is 7.72. The van der Waals surface area contributed by atoms with Gasteiger partial charge in [-0.15, -0.1) is 0 Å². The van der Waals surface area contributed by atoms with Crippen molar-refractivity contribution in [3.63, 3.8) is 0 Å². The van der Waals surface area contributed by atoms with Crippen molar-refractivity contribution in [1.29, 1.82) is 5.26 Å². The highest BCUT2D eigenvalue weighted by atomic mass is 15.2. The van der Waals surface area contributed by atoms with Gasteiger partial charge in [0.2, 0.25) is 0 Å². The molecule has 4 nitrogen and oxygen atoms in total. The number of anilines is 2. The lowest BCUT2D eigenvalue weighted by molar-refractivity contribution is 0.831. The van der Waals surface area contributed by atoms with Gasteiger partial charge in [-0.05, 0) is 49.4 Å². The van der Waals surface area contributed by atoms with E-state index >= 15 is 0 Å². The molecular weight excluding hydrogens is 260 g/mol. The maximum atomic E-state index is 9.45. The number of nitrogens with one attached hydrogen (secondary N) is 1. The number of aromatic nitrogens is 1. The highest BCUT2D eigenvalue weighted by molar-refractivity contribution is 5.87. The Hall–Kier alpha value is -2.28. The largest absolute Gasteiger partial charge is 0.385 e. The van der Waals surface area contributed by atoms with Crippen LogP contribution in [0.1, 0.15) is 30.4 Å². The molecule has 0 atom stereocenters. The van der Waals surface area contributed by atoms with Gasteiger partial charge in [0, 0.05) is 30.7 Å². The summed E-state index contributed by atoms with van der Waals surface area (Å²) in [5.41, 5.74) is 4.24. The fourth-order valence-corrected chi connectivity index (χ4v) is 3.38. The third kappa shape index (κ3) is 2.09. The van der Waals surface area contributed by atoms with Crippen molar-refractivity contribution in [3.05, 3.63) is 29.3 Å². The van der Waals surface area contributed by atoms with E-state index in [1.165, 1.54) is 30.5 Å². The molecule has 4 rings (SSSR count). The molecule has 3 heterocycles. The molecule has 2 aliphatic heterocycles. The first kappa shape index (κ1) is 12.5. The molecule has 1 N–H and O–H groups in total. The smallest absolute Gasteiger partial charge is 0.147 e. The van der Waals surface area contributed by atoms with Crippen LogP contribution in [0, 0.1) is 11.3 Å². The van der Waals surface area contributed by atoms with Gasteiger partial charge < -0.3 is 10.2 Å². The molecule has 1 fully saturated rings. The minimum atomic E-state index is 0.702. The number of fused-ring (bicyclic) bond motifs is 2. The number of rotatable bonds is 1. The Morgan fingerprint density at radius 2 is 2.00 bits per heavy atom. The predicted octanol–water partition coefficient (Wildman–Crippen LogP) is 3.06. The molecule has 21 heavy (non-hydrogen) atoms. The molecule has 0 amide bonds. The van der Waals surface area contributed by atoms with E-state index in [-0.39, 0.29) is 0 Å². The van der Waals surface area contributed by atoms with Crippen LogP contribution in [0.5, 0.6) is 0 Å². The minimum Gasteiger partial charge on any atom is -0.385 e. The summed E-state index contributed by atoms with van der Waals surface area (Å²) in [4.78, 5) is 7.04. The minimum absolute atomic E-state index is 0.702. The van der Waals surface area contributed by atoms with Gasteiger partial charge in [0.1, 0.15) is 11.9 Å². The molecule has 0 unspecified atom stereocenters. The molecule has 0 saturated carbocycles. The van der Waals surface area contributed by atoms with E-state index in [4.69, 9.17) is 4.98 Å². The summed E-state index contributed by atoms with van der Waals surface area (Å²) in [5.74, 6) is 0.859. The maximum absolute atomic E-state index is 9.45. The van der Waals surface area contributed by atoms with Gasteiger partial charge in [-0.1, -0.05) is 0 Å². The second-order valence-corrected chi connectivity index (χ2v) is 5.90. The molecule has 2 aliphatic rings. The number of nitriles is 1. The first-order chi connectivity index (χ1) is 10.3. The van der Waals surface area contributed by atoms with Crippen molar-refractivity contribution in [2.24, 2.45) is 0 Å². The van der Waals surface area contributed by atoms with Crippen LogP contribution in [0.4, 0.5) is 11.5 Å². The van der Waals surface area contributed by atoms with E-state index in [0.717, 1.165) is 42.8 Å². The van der Waals surface area contributed by atoms with E-state index in [2.05, 4.69) is 28.4 Å². The highest BCUT2D eigenvalue weighted by Gasteiger charge is 2.19. The quantitative estimate of drug-likeness (QED) is 0.871. The summed E-state index contributed by atoms with van der Waals surface area (Å²) >= 11 is 0. The number of aryl methyl sites for hydroxylation is 1. The summed E-state index contributed by atoms with van der Waals surface area (Å²) in [6.07, 6.45) is 4.66. The third-order valence-corrected chi connectivity index (χ3v) is 4.48. The molecule has 0 spiro atoms. The Bertz CT molecular complexity index is 739. The average Bonchev–Trinajstić information content (AvgIpc) is 3.05. The monoisotopic (exact) mass is 278 g/mol. The van der Waals surface area contributed by atoms with Gasteiger partial charge in [-0.3, -0.25) is 0 Å². The Morgan fingerprint density at radius 3 is 2.81 bits per heavy atom. The Labute approximate surface area is 124 Å². The standard InChI is InChI=1S/C17H18N4/c18-11-14-9-13-8-12-4-3-5-19-15(12)10-16(13)20-17(14)21-6-1-2-7-21/h8-10,19H,1-7H2. The molecule has 0 bridgehead atoms. The zero-order valence-corrected chi connectivity index (χ0v) is 12.0. The molecule has 106 valence electrons. The van der Waals surface area contributed by atoms with Gasteiger partial charge in [-0.2, -0.15) is 5.26 Å². The zero-order chi connectivity index (χ0) is 14.2. The fraction of sp³-hybridized carbons (Fsp3) is 0.412. The maximum Gasteiger partial charge on any atom is 0.147 e. The van der Waals surface area contributed by atoms with Gasteiger partial charge >= 0.3 is 0 Å². The predicted molar refractivity (Wildman–Crippen MR) is 84.7 cm³/mol. The normalized spacial score (nSPS) is 17.4. The van der Waals surface area contributed by atoms with E-state index in [1.807, 2.05) is 6.07 Å². The summed E-state index contributed by atoms with van der Waals surface area (Å²) in [5, 5.41) is 14.0. The van der Waals surface area contributed by atoms with Crippen molar-refractivity contribution in [1.82, 2.24) is 4.98 Å². The van der Waals surface area contributed by atoms with Crippen molar-refractivity contribution >= 4 is 22.4 Å². The van der Waals surface area contributed by atoms with Crippen LogP contribution in [0.2, 0.25) is 0 Å². The summed E-state index contributed by atoms with van der Waals surface area (Å²) < 4.78 is 0. The molecule has 0 aliphatic carbocycles.